The van der Waals surface area contributed by atoms with E-state index in [1.54, 1.807) is 7.11 Å². The Morgan fingerprint density at radius 2 is 2.47 bits per heavy atom. The van der Waals surface area contributed by atoms with Crippen molar-refractivity contribution < 1.29 is 9.66 Å². The number of anilines is 1. The molecule has 0 spiro atoms. The zero-order valence-corrected chi connectivity index (χ0v) is 8.82. The molecule has 0 radical (unpaired) electrons. The fraction of sp³-hybridized carbons (Fsp3) is 0.375. The Bertz CT molecular complexity index is 359. The first-order valence-electron chi connectivity index (χ1n) is 4.18. The molecule has 0 aliphatic heterocycles. The molecule has 1 rings (SSSR count). The van der Waals surface area contributed by atoms with E-state index in [1.807, 2.05) is 0 Å². The first-order chi connectivity index (χ1) is 7.15. The Morgan fingerprint density at radius 1 is 1.73 bits per heavy atom. The lowest BCUT2D eigenvalue weighted by Crippen LogP contribution is -2.09. The number of rotatable bonds is 5. The maximum absolute atomic E-state index is 10.6. The highest BCUT2D eigenvalue weighted by atomic mass is 35.5. The molecular weight excluding hydrogens is 222 g/mol. The largest absolute Gasteiger partial charge is 0.383 e. The van der Waals surface area contributed by atoms with Crippen molar-refractivity contribution in [3.05, 3.63) is 27.5 Å². The van der Waals surface area contributed by atoms with Crippen LogP contribution in [0.3, 0.4) is 0 Å². The van der Waals surface area contributed by atoms with Gasteiger partial charge in [-0.25, -0.2) is 4.98 Å². The fourth-order valence-electron chi connectivity index (χ4n) is 0.998. The standard InChI is InChI=1S/C8H10ClN3O3/c1-15-3-2-10-6-4-8(9)11-5-7(6)12(13)14/h4-5H,2-3H2,1H3,(H,10,11). The Hall–Kier alpha value is -1.40. The van der Waals surface area contributed by atoms with Gasteiger partial charge in [0.1, 0.15) is 17.0 Å². The second-order valence-electron chi connectivity index (χ2n) is 2.70. The highest BCUT2D eigenvalue weighted by molar-refractivity contribution is 6.29. The number of halogens is 1. The van der Waals surface area contributed by atoms with E-state index in [9.17, 15) is 10.1 Å². The summed E-state index contributed by atoms with van der Waals surface area (Å²) in [6.07, 6.45) is 1.12. The average Bonchev–Trinajstić information content (AvgIpc) is 2.18. The quantitative estimate of drug-likeness (QED) is 0.361. The molecule has 6 nitrogen and oxygen atoms in total. The first-order valence-corrected chi connectivity index (χ1v) is 4.55. The molecule has 82 valence electrons. The minimum absolute atomic E-state index is 0.101. The number of methoxy groups -OCH3 is 1. The molecule has 0 saturated heterocycles. The van der Waals surface area contributed by atoms with Crippen LogP contribution in [0.4, 0.5) is 11.4 Å². The molecule has 0 atom stereocenters. The summed E-state index contributed by atoms with van der Waals surface area (Å²) in [5.74, 6) is 0. The molecule has 0 aliphatic rings. The highest BCUT2D eigenvalue weighted by Crippen LogP contribution is 2.25. The van der Waals surface area contributed by atoms with Crippen molar-refractivity contribution in [2.45, 2.75) is 0 Å². The predicted molar refractivity (Wildman–Crippen MR) is 56.3 cm³/mol. The summed E-state index contributed by atoms with van der Waals surface area (Å²) in [5, 5.41) is 13.7. The molecule has 1 aromatic rings. The molecule has 1 N–H and O–H groups in total. The summed E-state index contributed by atoms with van der Waals surface area (Å²) in [7, 11) is 1.55. The van der Waals surface area contributed by atoms with Crippen LogP contribution in [0, 0.1) is 10.1 Å². The zero-order chi connectivity index (χ0) is 11.3. The molecule has 7 heteroatoms. The van der Waals surface area contributed by atoms with Crippen LogP contribution >= 0.6 is 11.6 Å². The normalized spacial score (nSPS) is 10.0. The molecule has 15 heavy (non-hydrogen) atoms. The third-order valence-corrected chi connectivity index (χ3v) is 1.87. The van der Waals surface area contributed by atoms with Gasteiger partial charge in [0.05, 0.1) is 11.5 Å². The Morgan fingerprint density at radius 3 is 3.07 bits per heavy atom. The summed E-state index contributed by atoms with van der Waals surface area (Å²) < 4.78 is 4.81. The predicted octanol–water partition coefficient (Wildman–Crippen LogP) is 1.70. The fourth-order valence-corrected chi connectivity index (χ4v) is 1.16. The van der Waals surface area contributed by atoms with Gasteiger partial charge in [-0.2, -0.15) is 0 Å². The van der Waals surface area contributed by atoms with Gasteiger partial charge in [0, 0.05) is 19.7 Å². The van der Waals surface area contributed by atoms with Crippen LogP contribution in [-0.4, -0.2) is 30.2 Å². The van der Waals surface area contributed by atoms with E-state index in [-0.39, 0.29) is 10.8 Å². The molecule has 0 amide bonds. The van der Waals surface area contributed by atoms with Gasteiger partial charge < -0.3 is 10.1 Å². The summed E-state index contributed by atoms with van der Waals surface area (Å²) in [4.78, 5) is 13.7. The second kappa shape index (κ2) is 5.47. The monoisotopic (exact) mass is 231 g/mol. The topological polar surface area (TPSA) is 77.3 Å². The smallest absolute Gasteiger partial charge is 0.310 e. The molecule has 0 aromatic carbocycles. The van der Waals surface area contributed by atoms with Gasteiger partial charge in [0.25, 0.3) is 0 Å². The van der Waals surface area contributed by atoms with Crippen LogP contribution in [0.1, 0.15) is 0 Å². The first kappa shape index (κ1) is 11.7. The highest BCUT2D eigenvalue weighted by Gasteiger charge is 2.14. The van der Waals surface area contributed by atoms with Gasteiger partial charge in [-0.15, -0.1) is 0 Å². The van der Waals surface area contributed by atoms with Crippen LogP contribution in [0.15, 0.2) is 12.3 Å². The van der Waals surface area contributed by atoms with Crippen LogP contribution < -0.4 is 5.32 Å². The number of ether oxygens (including phenoxy) is 1. The van der Waals surface area contributed by atoms with Crippen molar-refractivity contribution in [1.82, 2.24) is 4.98 Å². The van der Waals surface area contributed by atoms with Crippen molar-refractivity contribution in [3.8, 4) is 0 Å². The van der Waals surface area contributed by atoms with Crippen molar-refractivity contribution in [1.29, 1.82) is 0 Å². The average molecular weight is 232 g/mol. The van der Waals surface area contributed by atoms with Gasteiger partial charge in [-0.3, -0.25) is 10.1 Å². The van der Waals surface area contributed by atoms with E-state index in [0.29, 0.717) is 18.8 Å². The molecule has 0 aliphatic carbocycles. The lowest BCUT2D eigenvalue weighted by atomic mass is 10.3. The maximum Gasteiger partial charge on any atom is 0.310 e. The molecule has 1 heterocycles. The Labute approximate surface area is 91.4 Å². The van der Waals surface area contributed by atoms with Gasteiger partial charge >= 0.3 is 5.69 Å². The van der Waals surface area contributed by atoms with E-state index < -0.39 is 4.92 Å². The maximum atomic E-state index is 10.6. The number of hydrogen-bond acceptors (Lipinski definition) is 5. The van der Waals surface area contributed by atoms with Crippen LogP contribution in [0.5, 0.6) is 0 Å². The molecule has 1 aromatic heterocycles. The van der Waals surface area contributed by atoms with Crippen molar-refractivity contribution in [2.24, 2.45) is 0 Å². The zero-order valence-electron chi connectivity index (χ0n) is 8.07. The van der Waals surface area contributed by atoms with E-state index in [0.717, 1.165) is 6.20 Å². The van der Waals surface area contributed by atoms with Crippen LogP contribution in [0.2, 0.25) is 5.15 Å². The molecule has 0 saturated carbocycles. The van der Waals surface area contributed by atoms with Gasteiger partial charge in [-0.05, 0) is 0 Å². The number of nitro groups is 1. The van der Waals surface area contributed by atoms with Gasteiger partial charge in [-0.1, -0.05) is 11.6 Å². The minimum atomic E-state index is -0.515. The van der Waals surface area contributed by atoms with Gasteiger partial charge in [0.2, 0.25) is 0 Å². The van der Waals surface area contributed by atoms with Crippen molar-refractivity contribution in [2.75, 3.05) is 25.6 Å². The van der Waals surface area contributed by atoms with Crippen molar-refractivity contribution >= 4 is 23.0 Å². The summed E-state index contributed by atoms with van der Waals surface area (Å²) in [6.45, 7) is 0.925. The molecular formula is C8H10ClN3O3. The third-order valence-electron chi connectivity index (χ3n) is 1.67. The summed E-state index contributed by atoms with van der Waals surface area (Å²) in [5.41, 5.74) is 0.243. The Balaban J connectivity index is 2.82. The number of nitrogens with zero attached hydrogens (tertiary/aromatic N) is 2. The Kier molecular flexibility index (Phi) is 4.26. The van der Waals surface area contributed by atoms with E-state index in [1.165, 1.54) is 6.07 Å². The van der Waals surface area contributed by atoms with Crippen LogP contribution in [0.25, 0.3) is 0 Å². The lowest BCUT2D eigenvalue weighted by molar-refractivity contribution is -0.384. The van der Waals surface area contributed by atoms with Crippen molar-refractivity contribution in [3.63, 3.8) is 0 Å². The second-order valence-corrected chi connectivity index (χ2v) is 3.09. The molecule has 0 fully saturated rings. The van der Waals surface area contributed by atoms with Gasteiger partial charge in [0.15, 0.2) is 0 Å². The lowest BCUT2D eigenvalue weighted by Gasteiger charge is -2.05. The van der Waals surface area contributed by atoms with E-state index in [4.69, 9.17) is 16.3 Å². The number of nitrogens with one attached hydrogen (secondary N) is 1. The number of aromatic nitrogens is 1. The van der Waals surface area contributed by atoms with Crippen LogP contribution in [-0.2, 0) is 4.74 Å². The van der Waals surface area contributed by atoms with E-state index in [2.05, 4.69) is 10.3 Å². The molecule has 0 unspecified atom stereocenters. The van der Waals surface area contributed by atoms with E-state index >= 15 is 0 Å². The number of pyridine rings is 1. The third kappa shape index (κ3) is 3.34. The summed E-state index contributed by atoms with van der Waals surface area (Å²) >= 11 is 5.63. The number of hydrogen-bond donors (Lipinski definition) is 1. The summed E-state index contributed by atoms with van der Waals surface area (Å²) in [6, 6.07) is 1.41. The molecule has 0 bridgehead atoms. The minimum Gasteiger partial charge on any atom is -0.383 e. The SMILES string of the molecule is COCCNc1cc(Cl)ncc1[N+](=O)[O-].